The van der Waals surface area contributed by atoms with Crippen molar-refractivity contribution in [3.05, 3.63) is 53.3 Å². The van der Waals surface area contributed by atoms with Crippen molar-refractivity contribution in [2.24, 2.45) is 0 Å². The topological polar surface area (TPSA) is 12.0 Å². The Morgan fingerprint density at radius 3 is 2.58 bits per heavy atom. The normalized spacial score (nSPS) is 12.7. The molecule has 0 spiro atoms. The standard InChI is InChI=1S/C13H11Br3FNS/c1-18-11(9-6-12(15)19-13(9)16)5-7-4-8(17)2-3-10(7)14/h2-4,6,11,18H,5H2,1H3. The van der Waals surface area contributed by atoms with Gasteiger partial charge < -0.3 is 5.32 Å². The zero-order valence-corrected chi connectivity index (χ0v) is 15.6. The van der Waals surface area contributed by atoms with Crippen molar-refractivity contribution in [1.29, 1.82) is 0 Å². The molecular weight excluding hydrogens is 461 g/mol. The molecular formula is C13H11Br3FNS. The lowest BCUT2D eigenvalue weighted by Gasteiger charge is -2.17. The SMILES string of the molecule is CNC(Cc1cc(F)ccc1Br)c1cc(Br)sc1Br. The lowest BCUT2D eigenvalue weighted by atomic mass is 10.0. The number of likely N-dealkylation sites (N-methyl/N-ethyl adjacent to an activating group) is 1. The van der Waals surface area contributed by atoms with Gasteiger partial charge in [-0.25, -0.2) is 4.39 Å². The van der Waals surface area contributed by atoms with Crippen LogP contribution in [0.15, 0.2) is 36.3 Å². The van der Waals surface area contributed by atoms with Crippen LogP contribution in [0.4, 0.5) is 4.39 Å². The summed E-state index contributed by atoms with van der Waals surface area (Å²) in [6.07, 6.45) is 0.719. The number of hydrogen-bond acceptors (Lipinski definition) is 2. The molecule has 0 amide bonds. The molecule has 1 nitrogen and oxygen atoms in total. The monoisotopic (exact) mass is 469 g/mol. The summed E-state index contributed by atoms with van der Waals surface area (Å²) < 4.78 is 16.4. The Labute approximate surface area is 141 Å². The van der Waals surface area contributed by atoms with E-state index < -0.39 is 0 Å². The minimum atomic E-state index is -0.210. The molecule has 6 heteroatoms. The summed E-state index contributed by atoms with van der Waals surface area (Å²) in [5, 5.41) is 3.28. The van der Waals surface area contributed by atoms with E-state index in [1.54, 1.807) is 23.5 Å². The summed E-state index contributed by atoms with van der Waals surface area (Å²) in [6.45, 7) is 0. The number of nitrogens with one attached hydrogen (secondary N) is 1. The van der Waals surface area contributed by atoms with Gasteiger partial charge >= 0.3 is 0 Å². The zero-order valence-electron chi connectivity index (χ0n) is 10.0. The fourth-order valence-corrected chi connectivity index (χ4v) is 5.26. The molecule has 1 heterocycles. The third-order valence-corrected chi connectivity index (χ3v) is 6.00. The molecule has 0 aliphatic heterocycles. The van der Waals surface area contributed by atoms with Gasteiger partial charge in [0.25, 0.3) is 0 Å². The quantitative estimate of drug-likeness (QED) is 0.605. The largest absolute Gasteiger partial charge is 0.313 e. The number of thiophene rings is 1. The third-order valence-electron chi connectivity index (χ3n) is 2.84. The molecule has 1 aromatic carbocycles. The minimum Gasteiger partial charge on any atom is -0.313 e. The maximum atomic E-state index is 13.3. The summed E-state index contributed by atoms with van der Waals surface area (Å²) in [5.41, 5.74) is 2.13. The van der Waals surface area contributed by atoms with E-state index in [0.29, 0.717) is 0 Å². The first-order valence-corrected chi connectivity index (χ1v) is 8.76. The highest BCUT2D eigenvalue weighted by Gasteiger charge is 2.17. The molecule has 102 valence electrons. The molecule has 0 radical (unpaired) electrons. The van der Waals surface area contributed by atoms with Gasteiger partial charge in [0.05, 0.1) is 7.57 Å². The molecule has 0 bridgehead atoms. The van der Waals surface area contributed by atoms with E-state index in [2.05, 4.69) is 59.2 Å². The molecule has 2 aromatic rings. The highest BCUT2D eigenvalue weighted by atomic mass is 79.9. The van der Waals surface area contributed by atoms with Gasteiger partial charge in [0.2, 0.25) is 0 Å². The van der Waals surface area contributed by atoms with Crippen LogP contribution in [0, 0.1) is 5.82 Å². The molecule has 0 saturated carbocycles. The first-order valence-electron chi connectivity index (χ1n) is 5.57. The minimum absolute atomic E-state index is 0.134. The Balaban J connectivity index is 2.29. The molecule has 1 unspecified atom stereocenters. The second-order valence-electron chi connectivity index (χ2n) is 4.06. The molecule has 1 aromatic heterocycles. The number of benzene rings is 1. The molecule has 2 rings (SSSR count). The molecule has 1 N–H and O–H groups in total. The van der Waals surface area contributed by atoms with E-state index >= 15 is 0 Å². The van der Waals surface area contributed by atoms with Crippen LogP contribution in [0.3, 0.4) is 0 Å². The second kappa shape index (κ2) is 6.80. The fourth-order valence-electron chi connectivity index (χ4n) is 1.88. The van der Waals surface area contributed by atoms with Gasteiger partial charge in [0.15, 0.2) is 0 Å². The van der Waals surface area contributed by atoms with Crippen molar-refractivity contribution < 1.29 is 4.39 Å². The number of hydrogen-bond donors (Lipinski definition) is 1. The van der Waals surface area contributed by atoms with E-state index in [4.69, 9.17) is 0 Å². The first-order chi connectivity index (χ1) is 9.01. The summed E-state index contributed by atoms with van der Waals surface area (Å²) >= 11 is 12.2. The Bertz CT molecular complexity index is 585. The fraction of sp³-hybridized carbons (Fsp3) is 0.231. The maximum absolute atomic E-state index is 13.3. The Hall–Kier alpha value is 0.250. The van der Waals surface area contributed by atoms with E-state index in [-0.39, 0.29) is 11.9 Å². The van der Waals surface area contributed by atoms with Crippen LogP contribution in [-0.2, 0) is 6.42 Å². The Morgan fingerprint density at radius 2 is 2.00 bits per heavy atom. The van der Waals surface area contributed by atoms with Crippen molar-refractivity contribution in [3.63, 3.8) is 0 Å². The maximum Gasteiger partial charge on any atom is 0.123 e. The van der Waals surface area contributed by atoms with Gasteiger partial charge in [-0.15, -0.1) is 11.3 Å². The van der Waals surface area contributed by atoms with Crippen molar-refractivity contribution in [3.8, 4) is 0 Å². The molecule has 1 atom stereocenters. The van der Waals surface area contributed by atoms with Gasteiger partial charge in [-0.2, -0.15) is 0 Å². The van der Waals surface area contributed by atoms with Crippen LogP contribution in [0.5, 0.6) is 0 Å². The van der Waals surface area contributed by atoms with Crippen LogP contribution in [0.1, 0.15) is 17.2 Å². The predicted molar refractivity (Wildman–Crippen MR) is 89.3 cm³/mol. The Kier molecular flexibility index (Phi) is 5.60. The second-order valence-corrected chi connectivity index (χ2v) is 8.66. The van der Waals surface area contributed by atoms with E-state index in [0.717, 1.165) is 24.0 Å². The molecule has 0 fully saturated rings. The zero-order chi connectivity index (χ0) is 14.0. The van der Waals surface area contributed by atoms with Crippen molar-refractivity contribution in [2.75, 3.05) is 7.05 Å². The molecule has 0 aliphatic rings. The average molecular weight is 472 g/mol. The van der Waals surface area contributed by atoms with Crippen molar-refractivity contribution in [1.82, 2.24) is 5.32 Å². The first kappa shape index (κ1) is 15.6. The van der Waals surface area contributed by atoms with Gasteiger partial charge in [-0.05, 0) is 80.7 Å². The molecule has 0 aliphatic carbocycles. The van der Waals surface area contributed by atoms with Crippen molar-refractivity contribution >= 4 is 59.1 Å². The average Bonchev–Trinajstić information content (AvgIpc) is 2.69. The van der Waals surface area contributed by atoms with Crippen LogP contribution >= 0.6 is 59.1 Å². The van der Waals surface area contributed by atoms with Gasteiger partial charge in [0, 0.05) is 10.5 Å². The van der Waals surface area contributed by atoms with Gasteiger partial charge in [-0.1, -0.05) is 15.9 Å². The lowest BCUT2D eigenvalue weighted by Crippen LogP contribution is -2.18. The van der Waals surface area contributed by atoms with Crippen LogP contribution < -0.4 is 5.32 Å². The van der Waals surface area contributed by atoms with Gasteiger partial charge in [0.1, 0.15) is 5.82 Å². The summed E-state index contributed by atoms with van der Waals surface area (Å²) in [7, 11) is 1.91. The van der Waals surface area contributed by atoms with Crippen LogP contribution in [0.2, 0.25) is 0 Å². The van der Waals surface area contributed by atoms with Crippen LogP contribution in [-0.4, -0.2) is 7.05 Å². The molecule has 0 saturated heterocycles. The predicted octanol–water partition coefficient (Wildman–Crippen LogP) is 5.68. The van der Waals surface area contributed by atoms with E-state index in [9.17, 15) is 4.39 Å². The summed E-state index contributed by atoms with van der Waals surface area (Å²) in [4.78, 5) is 0. The smallest absolute Gasteiger partial charge is 0.123 e. The van der Waals surface area contributed by atoms with E-state index in [1.165, 1.54) is 11.6 Å². The van der Waals surface area contributed by atoms with Crippen molar-refractivity contribution in [2.45, 2.75) is 12.5 Å². The van der Waals surface area contributed by atoms with Gasteiger partial charge in [-0.3, -0.25) is 0 Å². The summed E-state index contributed by atoms with van der Waals surface area (Å²) in [5.74, 6) is -0.210. The lowest BCUT2D eigenvalue weighted by molar-refractivity contribution is 0.582. The highest BCUT2D eigenvalue weighted by molar-refractivity contribution is 9.12. The molecule has 19 heavy (non-hydrogen) atoms. The summed E-state index contributed by atoms with van der Waals surface area (Å²) in [6, 6.07) is 7.00. The number of halogens is 4. The van der Waals surface area contributed by atoms with E-state index in [1.807, 2.05) is 7.05 Å². The third kappa shape index (κ3) is 3.88. The number of rotatable bonds is 4. The Morgan fingerprint density at radius 1 is 1.26 bits per heavy atom. The highest BCUT2D eigenvalue weighted by Crippen LogP contribution is 2.37. The van der Waals surface area contributed by atoms with Crippen LogP contribution in [0.25, 0.3) is 0 Å².